The van der Waals surface area contributed by atoms with E-state index in [2.05, 4.69) is 47.6 Å². The van der Waals surface area contributed by atoms with Crippen LogP contribution < -0.4 is 5.32 Å². The van der Waals surface area contributed by atoms with Crippen LogP contribution in [-0.2, 0) is 13.1 Å². The van der Waals surface area contributed by atoms with Gasteiger partial charge in [-0.1, -0.05) is 13.8 Å². The molecule has 104 valence electrons. The second kappa shape index (κ2) is 8.27. The lowest BCUT2D eigenvalue weighted by molar-refractivity contribution is 0.241. The molecule has 1 aromatic rings. The maximum Gasteiger partial charge on any atom is 0.0949 e. The predicted octanol–water partition coefficient (Wildman–Crippen LogP) is 2.11. The Morgan fingerprint density at radius 2 is 2.22 bits per heavy atom. The van der Waals surface area contributed by atoms with Gasteiger partial charge in [0, 0.05) is 31.9 Å². The Bertz CT molecular complexity index is 321. The van der Waals surface area contributed by atoms with Gasteiger partial charge in [0.15, 0.2) is 0 Å². The van der Waals surface area contributed by atoms with Gasteiger partial charge in [-0.25, -0.2) is 4.98 Å². The third-order valence-corrected chi connectivity index (χ3v) is 3.57. The van der Waals surface area contributed by atoms with Crippen LogP contribution in [0.25, 0.3) is 0 Å². The molecule has 0 saturated heterocycles. The molecule has 1 heterocycles. The molecule has 1 atom stereocenters. The van der Waals surface area contributed by atoms with Crippen LogP contribution in [0.15, 0.2) is 12.5 Å². The molecule has 18 heavy (non-hydrogen) atoms. The molecular weight excluding hydrogens is 224 g/mol. The fourth-order valence-corrected chi connectivity index (χ4v) is 1.89. The summed E-state index contributed by atoms with van der Waals surface area (Å²) in [6.07, 6.45) is 6.27. The molecule has 0 amide bonds. The highest BCUT2D eigenvalue weighted by atomic mass is 15.2. The molecule has 0 bridgehead atoms. The van der Waals surface area contributed by atoms with Crippen LogP contribution >= 0.6 is 0 Å². The van der Waals surface area contributed by atoms with Crippen LogP contribution in [0.5, 0.6) is 0 Å². The van der Waals surface area contributed by atoms with Crippen molar-refractivity contribution in [3.05, 3.63) is 18.2 Å². The summed E-state index contributed by atoms with van der Waals surface area (Å²) in [5, 5.41) is 3.42. The van der Waals surface area contributed by atoms with Gasteiger partial charge in [0.2, 0.25) is 0 Å². The molecule has 0 aliphatic heterocycles. The van der Waals surface area contributed by atoms with Crippen LogP contribution in [0.2, 0.25) is 0 Å². The van der Waals surface area contributed by atoms with Gasteiger partial charge < -0.3 is 14.8 Å². The molecule has 1 unspecified atom stereocenters. The summed E-state index contributed by atoms with van der Waals surface area (Å²) in [5.74, 6) is 0. The van der Waals surface area contributed by atoms with Crippen LogP contribution in [0.3, 0.4) is 0 Å². The molecule has 0 saturated carbocycles. The van der Waals surface area contributed by atoms with E-state index in [1.807, 2.05) is 12.5 Å². The Balaban J connectivity index is 2.40. The topological polar surface area (TPSA) is 33.1 Å². The van der Waals surface area contributed by atoms with Gasteiger partial charge in [-0.15, -0.1) is 0 Å². The molecule has 4 nitrogen and oxygen atoms in total. The number of aromatic nitrogens is 2. The lowest BCUT2D eigenvalue weighted by Gasteiger charge is -2.23. The van der Waals surface area contributed by atoms with Crippen molar-refractivity contribution < 1.29 is 0 Å². The molecule has 0 radical (unpaired) electrons. The Labute approximate surface area is 111 Å². The molecule has 0 aromatic carbocycles. The van der Waals surface area contributed by atoms with Crippen molar-refractivity contribution in [3.8, 4) is 0 Å². The van der Waals surface area contributed by atoms with Crippen molar-refractivity contribution in [2.24, 2.45) is 0 Å². The Morgan fingerprint density at radius 3 is 2.89 bits per heavy atom. The van der Waals surface area contributed by atoms with Crippen molar-refractivity contribution in [2.75, 3.05) is 20.1 Å². The third-order valence-electron chi connectivity index (χ3n) is 3.57. The molecule has 0 spiro atoms. The zero-order valence-corrected chi connectivity index (χ0v) is 12.3. The van der Waals surface area contributed by atoms with E-state index in [4.69, 9.17) is 0 Å². The van der Waals surface area contributed by atoms with Crippen LogP contribution in [0, 0.1) is 0 Å². The van der Waals surface area contributed by atoms with E-state index in [9.17, 15) is 0 Å². The van der Waals surface area contributed by atoms with Gasteiger partial charge in [0.1, 0.15) is 0 Å². The average molecular weight is 252 g/mol. The fraction of sp³-hybridized carbons (Fsp3) is 0.786. The van der Waals surface area contributed by atoms with Gasteiger partial charge in [-0.05, 0) is 33.4 Å². The van der Waals surface area contributed by atoms with E-state index in [1.54, 1.807) is 0 Å². The largest absolute Gasteiger partial charge is 0.332 e. The quantitative estimate of drug-likeness (QED) is 0.683. The highest BCUT2D eigenvalue weighted by Gasteiger charge is 2.07. The highest BCUT2D eigenvalue weighted by molar-refractivity contribution is 4.97. The number of likely N-dealkylation sites (N-methyl/N-ethyl adjacent to an activating group) is 1. The second-order valence-corrected chi connectivity index (χ2v) is 4.99. The molecule has 0 aliphatic rings. The number of nitrogens with one attached hydrogen (secondary N) is 1. The second-order valence-electron chi connectivity index (χ2n) is 4.99. The van der Waals surface area contributed by atoms with E-state index >= 15 is 0 Å². The number of nitrogens with zero attached hydrogens (tertiary/aromatic N) is 3. The standard InChI is InChI=1S/C14H28N4/c1-5-7-15-10-14-11-16-12-18(14)9-8-17(4)13(3)6-2/h11-13,15H,5-10H2,1-4H3. The predicted molar refractivity (Wildman–Crippen MR) is 76.6 cm³/mol. The minimum atomic E-state index is 0.648. The summed E-state index contributed by atoms with van der Waals surface area (Å²) in [7, 11) is 2.19. The minimum Gasteiger partial charge on any atom is -0.332 e. The first kappa shape index (κ1) is 15.2. The van der Waals surface area contributed by atoms with E-state index in [1.165, 1.54) is 18.5 Å². The lowest BCUT2D eigenvalue weighted by Crippen LogP contribution is -2.31. The molecule has 0 aliphatic carbocycles. The Morgan fingerprint density at radius 1 is 1.44 bits per heavy atom. The molecule has 1 rings (SSSR count). The van der Waals surface area contributed by atoms with Crippen molar-refractivity contribution in [3.63, 3.8) is 0 Å². The molecule has 4 heteroatoms. The Kier molecular flexibility index (Phi) is 6.98. The third kappa shape index (κ3) is 4.78. The van der Waals surface area contributed by atoms with E-state index in [0.717, 1.165) is 26.2 Å². The summed E-state index contributed by atoms with van der Waals surface area (Å²) in [4.78, 5) is 6.65. The van der Waals surface area contributed by atoms with Crippen molar-refractivity contribution in [2.45, 2.75) is 52.7 Å². The van der Waals surface area contributed by atoms with E-state index in [0.29, 0.717) is 6.04 Å². The maximum absolute atomic E-state index is 4.25. The van der Waals surface area contributed by atoms with Crippen molar-refractivity contribution in [1.29, 1.82) is 0 Å². The van der Waals surface area contributed by atoms with Crippen LogP contribution in [0.4, 0.5) is 0 Å². The van der Waals surface area contributed by atoms with Gasteiger partial charge in [-0.2, -0.15) is 0 Å². The number of hydrogen-bond acceptors (Lipinski definition) is 3. The summed E-state index contributed by atoms with van der Waals surface area (Å²) in [6.45, 7) is 10.8. The summed E-state index contributed by atoms with van der Waals surface area (Å²) in [5.41, 5.74) is 1.28. The monoisotopic (exact) mass is 252 g/mol. The minimum absolute atomic E-state index is 0.648. The first-order valence-electron chi connectivity index (χ1n) is 7.09. The first-order chi connectivity index (χ1) is 8.69. The number of rotatable bonds is 9. The molecule has 0 fully saturated rings. The maximum atomic E-state index is 4.25. The lowest BCUT2D eigenvalue weighted by atomic mass is 10.2. The van der Waals surface area contributed by atoms with Gasteiger partial charge >= 0.3 is 0 Å². The highest BCUT2D eigenvalue weighted by Crippen LogP contribution is 2.03. The average Bonchev–Trinajstić information content (AvgIpc) is 2.83. The number of imidazole rings is 1. The summed E-state index contributed by atoms with van der Waals surface area (Å²) in [6, 6.07) is 0.648. The Hall–Kier alpha value is -0.870. The summed E-state index contributed by atoms with van der Waals surface area (Å²) >= 11 is 0. The molecule has 1 aromatic heterocycles. The fourth-order valence-electron chi connectivity index (χ4n) is 1.89. The van der Waals surface area contributed by atoms with Crippen molar-refractivity contribution >= 4 is 0 Å². The zero-order valence-electron chi connectivity index (χ0n) is 12.3. The SMILES string of the molecule is CCCNCc1cncn1CCN(C)C(C)CC. The van der Waals surface area contributed by atoms with Gasteiger partial charge in [0.25, 0.3) is 0 Å². The van der Waals surface area contributed by atoms with E-state index < -0.39 is 0 Å². The van der Waals surface area contributed by atoms with E-state index in [-0.39, 0.29) is 0 Å². The first-order valence-corrected chi connectivity index (χ1v) is 7.09. The smallest absolute Gasteiger partial charge is 0.0949 e. The van der Waals surface area contributed by atoms with Crippen molar-refractivity contribution in [1.82, 2.24) is 19.8 Å². The van der Waals surface area contributed by atoms with Gasteiger partial charge in [-0.3, -0.25) is 0 Å². The van der Waals surface area contributed by atoms with Crippen LogP contribution in [0.1, 0.15) is 39.3 Å². The molecular formula is C14H28N4. The van der Waals surface area contributed by atoms with Gasteiger partial charge in [0.05, 0.1) is 12.0 Å². The number of hydrogen-bond donors (Lipinski definition) is 1. The van der Waals surface area contributed by atoms with Crippen LogP contribution in [-0.4, -0.2) is 40.6 Å². The molecule has 1 N–H and O–H groups in total. The zero-order chi connectivity index (χ0) is 13.4. The normalized spacial score (nSPS) is 13.2. The summed E-state index contributed by atoms with van der Waals surface area (Å²) < 4.78 is 2.25.